The predicted octanol–water partition coefficient (Wildman–Crippen LogP) is 5.11. The standard InChI is InChI=1S/C13H11Cl2FS/c14-8-10(7-12-4-5-13(15)17-12)9-2-1-3-11(16)6-9/h1-6,10H,7-8H2. The van der Waals surface area contributed by atoms with E-state index in [1.54, 1.807) is 23.5 Å². The summed E-state index contributed by atoms with van der Waals surface area (Å²) < 4.78 is 13.9. The maximum Gasteiger partial charge on any atom is 0.123 e. The molecule has 0 saturated heterocycles. The fourth-order valence-corrected chi connectivity index (χ4v) is 3.18. The zero-order chi connectivity index (χ0) is 12.3. The fraction of sp³-hybridized carbons (Fsp3) is 0.231. The first kappa shape index (κ1) is 12.9. The zero-order valence-electron chi connectivity index (χ0n) is 9.00. The van der Waals surface area contributed by atoms with E-state index in [-0.39, 0.29) is 11.7 Å². The summed E-state index contributed by atoms with van der Waals surface area (Å²) in [7, 11) is 0. The maximum absolute atomic E-state index is 13.1. The van der Waals surface area contributed by atoms with Crippen LogP contribution in [0.3, 0.4) is 0 Å². The monoisotopic (exact) mass is 288 g/mol. The van der Waals surface area contributed by atoms with Crippen molar-refractivity contribution in [3.8, 4) is 0 Å². The molecule has 2 rings (SSSR count). The first-order chi connectivity index (χ1) is 8.19. The summed E-state index contributed by atoms with van der Waals surface area (Å²) in [6.07, 6.45) is 0.796. The molecule has 1 aromatic carbocycles. The van der Waals surface area contributed by atoms with E-state index >= 15 is 0 Å². The molecule has 2 aromatic rings. The lowest BCUT2D eigenvalue weighted by Gasteiger charge is -2.13. The summed E-state index contributed by atoms with van der Waals surface area (Å²) >= 11 is 13.4. The SMILES string of the molecule is Fc1cccc(C(CCl)Cc2ccc(Cl)s2)c1. The Balaban J connectivity index is 2.16. The highest BCUT2D eigenvalue weighted by Gasteiger charge is 2.13. The number of halogens is 3. The Hall–Kier alpha value is -0.570. The largest absolute Gasteiger partial charge is 0.207 e. The van der Waals surface area contributed by atoms with Gasteiger partial charge in [-0.3, -0.25) is 0 Å². The summed E-state index contributed by atoms with van der Waals surface area (Å²) in [4.78, 5) is 1.17. The quantitative estimate of drug-likeness (QED) is 0.686. The van der Waals surface area contributed by atoms with Gasteiger partial charge in [0.15, 0.2) is 0 Å². The second-order valence-electron chi connectivity index (χ2n) is 3.82. The van der Waals surface area contributed by atoms with Gasteiger partial charge in [-0.25, -0.2) is 4.39 Å². The number of hydrogen-bond donors (Lipinski definition) is 0. The van der Waals surface area contributed by atoms with E-state index in [1.807, 2.05) is 18.2 Å². The molecule has 0 nitrogen and oxygen atoms in total. The third-order valence-electron chi connectivity index (χ3n) is 2.58. The molecule has 1 unspecified atom stereocenters. The van der Waals surface area contributed by atoms with Gasteiger partial charge in [0, 0.05) is 16.7 Å². The summed E-state index contributed by atoms with van der Waals surface area (Å²) in [5.74, 6) is 0.378. The third kappa shape index (κ3) is 3.44. The van der Waals surface area contributed by atoms with Crippen LogP contribution in [0.25, 0.3) is 0 Å². The van der Waals surface area contributed by atoms with Crippen molar-refractivity contribution in [2.24, 2.45) is 0 Å². The molecule has 90 valence electrons. The highest BCUT2D eigenvalue weighted by atomic mass is 35.5. The molecule has 1 heterocycles. The minimum Gasteiger partial charge on any atom is -0.207 e. The first-order valence-electron chi connectivity index (χ1n) is 5.24. The average molecular weight is 289 g/mol. The van der Waals surface area contributed by atoms with Crippen LogP contribution in [0.4, 0.5) is 4.39 Å². The molecular formula is C13H11Cl2FS. The Morgan fingerprint density at radius 1 is 1.24 bits per heavy atom. The van der Waals surface area contributed by atoms with Crippen molar-refractivity contribution >= 4 is 34.5 Å². The van der Waals surface area contributed by atoms with Crippen LogP contribution >= 0.6 is 34.5 Å². The Morgan fingerprint density at radius 3 is 2.65 bits per heavy atom. The molecule has 0 aliphatic carbocycles. The normalized spacial score (nSPS) is 12.6. The molecule has 0 spiro atoms. The van der Waals surface area contributed by atoms with Crippen molar-refractivity contribution in [1.29, 1.82) is 0 Å². The highest BCUT2D eigenvalue weighted by Crippen LogP contribution is 2.28. The van der Waals surface area contributed by atoms with E-state index in [1.165, 1.54) is 10.9 Å². The summed E-state index contributed by atoms with van der Waals surface area (Å²) in [5.41, 5.74) is 0.935. The lowest BCUT2D eigenvalue weighted by molar-refractivity contribution is 0.621. The minimum atomic E-state index is -0.221. The van der Waals surface area contributed by atoms with Crippen molar-refractivity contribution in [3.05, 3.63) is 57.0 Å². The molecule has 4 heteroatoms. The predicted molar refractivity (Wildman–Crippen MR) is 72.9 cm³/mol. The average Bonchev–Trinajstić information content (AvgIpc) is 2.72. The van der Waals surface area contributed by atoms with Crippen LogP contribution in [0.2, 0.25) is 4.34 Å². The van der Waals surface area contributed by atoms with Crippen molar-refractivity contribution in [2.45, 2.75) is 12.3 Å². The van der Waals surface area contributed by atoms with Gasteiger partial charge in [-0.2, -0.15) is 0 Å². The van der Waals surface area contributed by atoms with Gasteiger partial charge in [-0.1, -0.05) is 23.7 Å². The zero-order valence-corrected chi connectivity index (χ0v) is 11.3. The Bertz CT molecular complexity index is 496. The number of rotatable bonds is 4. The van der Waals surface area contributed by atoms with Crippen LogP contribution in [0.5, 0.6) is 0 Å². The van der Waals surface area contributed by atoms with Gasteiger partial charge >= 0.3 is 0 Å². The maximum atomic E-state index is 13.1. The number of hydrogen-bond acceptors (Lipinski definition) is 1. The van der Waals surface area contributed by atoms with E-state index in [2.05, 4.69) is 0 Å². The van der Waals surface area contributed by atoms with Crippen LogP contribution in [0.15, 0.2) is 36.4 Å². The second-order valence-corrected chi connectivity index (χ2v) is 5.92. The first-order valence-corrected chi connectivity index (χ1v) is 6.97. The Labute approximate surface area is 114 Å². The van der Waals surface area contributed by atoms with Gasteiger partial charge in [0.1, 0.15) is 5.82 Å². The molecule has 17 heavy (non-hydrogen) atoms. The summed E-state index contributed by atoms with van der Waals surface area (Å²) in [5, 5.41) is 0. The van der Waals surface area contributed by atoms with Crippen LogP contribution < -0.4 is 0 Å². The molecular weight excluding hydrogens is 278 g/mol. The molecule has 0 N–H and O–H groups in total. The van der Waals surface area contributed by atoms with E-state index in [9.17, 15) is 4.39 Å². The highest BCUT2D eigenvalue weighted by molar-refractivity contribution is 7.16. The molecule has 0 saturated carbocycles. The topological polar surface area (TPSA) is 0 Å². The fourth-order valence-electron chi connectivity index (χ4n) is 1.73. The second kappa shape index (κ2) is 5.85. The smallest absolute Gasteiger partial charge is 0.123 e. The van der Waals surface area contributed by atoms with E-state index < -0.39 is 0 Å². The Kier molecular flexibility index (Phi) is 4.43. The van der Waals surface area contributed by atoms with Gasteiger partial charge in [0.05, 0.1) is 4.34 Å². The molecule has 0 bridgehead atoms. The lowest BCUT2D eigenvalue weighted by Crippen LogP contribution is -2.04. The van der Waals surface area contributed by atoms with Crippen molar-refractivity contribution in [1.82, 2.24) is 0 Å². The molecule has 0 amide bonds. The number of thiophene rings is 1. The molecule has 0 radical (unpaired) electrons. The van der Waals surface area contributed by atoms with Crippen molar-refractivity contribution in [2.75, 3.05) is 5.88 Å². The van der Waals surface area contributed by atoms with Crippen LogP contribution in [0.1, 0.15) is 16.4 Å². The number of benzene rings is 1. The molecule has 0 aliphatic rings. The number of alkyl halides is 1. The van der Waals surface area contributed by atoms with E-state index in [0.29, 0.717) is 5.88 Å². The van der Waals surface area contributed by atoms with Crippen LogP contribution in [-0.2, 0) is 6.42 Å². The van der Waals surface area contributed by atoms with Gasteiger partial charge < -0.3 is 0 Å². The van der Waals surface area contributed by atoms with Gasteiger partial charge in [0.25, 0.3) is 0 Å². The summed E-state index contributed by atoms with van der Waals surface area (Å²) in [6, 6.07) is 10.5. The van der Waals surface area contributed by atoms with Gasteiger partial charge in [0.2, 0.25) is 0 Å². The van der Waals surface area contributed by atoms with Crippen LogP contribution in [-0.4, -0.2) is 5.88 Å². The molecule has 0 aliphatic heterocycles. The van der Waals surface area contributed by atoms with Gasteiger partial charge in [-0.05, 0) is 36.2 Å². The summed E-state index contributed by atoms with van der Waals surface area (Å²) in [6.45, 7) is 0. The lowest BCUT2D eigenvalue weighted by atomic mass is 9.97. The molecule has 0 fully saturated rings. The van der Waals surface area contributed by atoms with Crippen LogP contribution in [0, 0.1) is 5.82 Å². The molecule has 1 aromatic heterocycles. The van der Waals surface area contributed by atoms with Crippen molar-refractivity contribution < 1.29 is 4.39 Å². The Morgan fingerprint density at radius 2 is 2.06 bits per heavy atom. The van der Waals surface area contributed by atoms with E-state index in [4.69, 9.17) is 23.2 Å². The molecule has 1 atom stereocenters. The van der Waals surface area contributed by atoms with E-state index in [0.717, 1.165) is 16.3 Å². The minimum absolute atomic E-state index is 0.127. The van der Waals surface area contributed by atoms with Gasteiger partial charge in [-0.15, -0.1) is 22.9 Å². The van der Waals surface area contributed by atoms with Crippen molar-refractivity contribution in [3.63, 3.8) is 0 Å². The third-order valence-corrected chi connectivity index (χ3v) is 4.21.